The Kier molecular flexibility index (Phi) is 4.95. The van der Waals surface area contributed by atoms with E-state index in [2.05, 4.69) is 4.74 Å². The molecule has 1 saturated heterocycles. The number of piperazine rings is 1. The van der Waals surface area contributed by atoms with E-state index in [1.54, 1.807) is 4.72 Å². The first-order valence-electron chi connectivity index (χ1n) is 6.06. The standard InChI is InChI=1S/C10H21N5O4S/c1-10(2,8(11)12)14-4-6-15(7-5-14)20(17,18)13-9(16)19-3/h4-7H2,1-3H3,(H3,11,12)(H,13,16). The Labute approximate surface area is 118 Å². The quantitative estimate of drug-likeness (QED) is 0.447. The van der Waals surface area contributed by atoms with Crippen LogP contribution >= 0.6 is 0 Å². The van der Waals surface area contributed by atoms with E-state index in [9.17, 15) is 13.2 Å². The summed E-state index contributed by atoms with van der Waals surface area (Å²) < 4.78 is 31.0. The summed E-state index contributed by atoms with van der Waals surface area (Å²) in [4.78, 5) is 12.9. The molecule has 20 heavy (non-hydrogen) atoms. The highest BCUT2D eigenvalue weighted by Crippen LogP contribution is 2.17. The second kappa shape index (κ2) is 5.94. The second-order valence-corrected chi connectivity index (χ2v) is 6.63. The van der Waals surface area contributed by atoms with Gasteiger partial charge < -0.3 is 10.5 Å². The number of nitrogens with one attached hydrogen (secondary N) is 2. The normalized spacial score (nSPS) is 18.6. The fourth-order valence-corrected chi connectivity index (χ4v) is 2.94. The minimum absolute atomic E-state index is 0.0292. The largest absolute Gasteiger partial charge is 0.452 e. The number of carbonyl (C=O) groups excluding carboxylic acids is 1. The predicted octanol–water partition coefficient (Wildman–Crippen LogP) is -1.08. The zero-order valence-electron chi connectivity index (χ0n) is 11.8. The summed E-state index contributed by atoms with van der Waals surface area (Å²) in [7, 11) is -2.79. The lowest BCUT2D eigenvalue weighted by molar-refractivity contribution is 0.120. The first kappa shape index (κ1) is 16.7. The van der Waals surface area contributed by atoms with Crippen molar-refractivity contribution in [2.24, 2.45) is 5.73 Å². The summed E-state index contributed by atoms with van der Waals surface area (Å²) in [6.07, 6.45) is -1.02. The number of carbonyl (C=O) groups is 1. The number of amidine groups is 1. The fraction of sp³-hybridized carbons (Fsp3) is 0.800. The molecule has 1 fully saturated rings. The number of nitrogens with two attached hydrogens (primary N) is 1. The van der Waals surface area contributed by atoms with Crippen LogP contribution in [0.15, 0.2) is 0 Å². The molecule has 1 rings (SSSR count). The van der Waals surface area contributed by atoms with Crippen molar-refractivity contribution < 1.29 is 17.9 Å². The highest BCUT2D eigenvalue weighted by molar-refractivity contribution is 7.87. The molecule has 4 N–H and O–H groups in total. The van der Waals surface area contributed by atoms with Gasteiger partial charge in [0.1, 0.15) is 5.84 Å². The average Bonchev–Trinajstić information content (AvgIpc) is 2.38. The topological polar surface area (TPSA) is 129 Å². The lowest BCUT2D eigenvalue weighted by atomic mass is 10.0. The number of nitrogens with zero attached hydrogens (tertiary/aromatic N) is 2. The van der Waals surface area contributed by atoms with Gasteiger partial charge in [-0.2, -0.15) is 12.7 Å². The molecule has 0 radical (unpaired) electrons. The number of rotatable bonds is 4. The number of amides is 1. The Morgan fingerprint density at radius 1 is 1.30 bits per heavy atom. The van der Waals surface area contributed by atoms with Gasteiger partial charge in [0.05, 0.1) is 12.6 Å². The maximum absolute atomic E-state index is 11.9. The lowest BCUT2D eigenvalue weighted by Crippen LogP contribution is -2.61. The van der Waals surface area contributed by atoms with Crippen molar-refractivity contribution in [3.63, 3.8) is 0 Å². The zero-order chi connectivity index (χ0) is 15.6. The van der Waals surface area contributed by atoms with Crippen LogP contribution in [0.5, 0.6) is 0 Å². The third-order valence-corrected chi connectivity index (χ3v) is 4.90. The minimum atomic E-state index is -3.89. The molecule has 0 unspecified atom stereocenters. The van der Waals surface area contributed by atoms with Gasteiger partial charge >= 0.3 is 16.3 Å². The molecule has 1 amide bonds. The van der Waals surface area contributed by atoms with E-state index in [0.717, 1.165) is 11.4 Å². The van der Waals surface area contributed by atoms with Gasteiger partial charge in [-0.05, 0) is 13.8 Å². The molecule has 0 aromatic carbocycles. The Morgan fingerprint density at radius 2 is 1.80 bits per heavy atom. The van der Waals surface area contributed by atoms with E-state index in [1.807, 2.05) is 18.7 Å². The summed E-state index contributed by atoms with van der Waals surface area (Å²) in [6.45, 7) is 4.90. The molecule has 9 nitrogen and oxygen atoms in total. The molecule has 0 bridgehead atoms. The van der Waals surface area contributed by atoms with Gasteiger partial charge in [0, 0.05) is 26.2 Å². The Morgan fingerprint density at radius 3 is 2.20 bits per heavy atom. The van der Waals surface area contributed by atoms with Crippen LogP contribution in [0, 0.1) is 5.41 Å². The van der Waals surface area contributed by atoms with Crippen LogP contribution in [0.1, 0.15) is 13.8 Å². The molecule has 0 aromatic rings. The maximum atomic E-state index is 11.9. The molecule has 0 aliphatic carbocycles. The van der Waals surface area contributed by atoms with Crippen molar-refractivity contribution in [1.29, 1.82) is 5.41 Å². The van der Waals surface area contributed by atoms with Crippen LogP contribution in [-0.2, 0) is 14.9 Å². The summed E-state index contributed by atoms with van der Waals surface area (Å²) >= 11 is 0. The number of ether oxygens (including phenoxy) is 1. The first-order chi connectivity index (χ1) is 9.11. The fourth-order valence-electron chi connectivity index (χ4n) is 1.87. The van der Waals surface area contributed by atoms with Crippen molar-refractivity contribution in [3.05, 3.63) is 0 Å². The van der Waals surface area contributed by atoms with Gasteiger partial charge in [-0.15, -0.1) is 0 Å². The van der Waals surface area contributed by atoms with Gasteiger partial charge in [-0.25, -0.2) is 9.52 Å². The van der Waals surface area contributed by atoms with Crippen molar-refractivity contribution in [3.8, 4) is 0 Å². The zero-order valence-corrected chi connectivity index (χ0v) is 12.7. The third kappa shape index (κ3) is 3.58. The molecule has 1 aliphatic rings. The van der Waals surface area contributed by atoms with Crippen LogP contribution in [0.4, 0.5) is 4.79 Å². The van der Waals surface area contributed by atoms with E-state index in [0.29, 0.717) is 13.1 Å². The molecule has 10 heteroatoms. The van der Waals surface area contributed by atoms with Gasteiger partial charge in [0.15, 0.2) is 0 Å². The highest BCUT2D eigenvalue weighted by Gasteiger charge is 2.36. The molecule has 1 aliphatic heterocycles. The van der Waals surface area contributed by atoms with Crippen molar-refractivity contribution in [1.82, 2.24) is 13.9 Å². The average molecular weight is 307 g/mol. The van der Waals surface area contributed by atoms with E-state index < -0.39 is 21.8 Å². The molecule has 1 heterocycles. The summed E-state index contributed by atoms with van der Waals surface area (Å²) in [6, 6.07) is 0. The van der Waals surface area contributed by atoms with E-state index in [4.69, 9.17) is 11.1 Å². The van der Waals surface area contributed by atoms with Gasteiger partial charge in [0.25, 0.3) is 0 Å². The lowest BCUT2D eigenvalue weighted by Gasteiger charge is -2.42. The van der Waals surface area contributed by atoms with Crippen LogP contribution in [0.2, 0.25) is 0 Å². The number of hydrogen-bond donors (Lipinski definition) is 3. The van der Waals surface area contributed by atoms with Crippen LogP contribution < -0.4 is 10.5 Å². The van der Waals surface area contributed by atoms with Crippen molar-refractivity contribution in [2.75, 3.05) is 33.3 Å². The molecule has 0 atom stereocenters. The van der Waals surface area contributed by atoms with Gasteiger partial charge in [0.2, 0.25) is 0 Å². The first-order valence-corrected chi connectivity index (χ1v) is 7.50. The Bertz CT molecular complexity index is 482. The van der Waals surface area contributed by atoms with Crippen LogP contribution in [-0.4, -0.2) is 68.4 Å². The molecule has 0 spiro atoms. The highest BCUT2D eigenvalue weighted by atomic mass is 32.2. The Hall–Kier alpha value is -1.39. The monoisotopic (exact) mass is 307 g/mol. The van der Waals surface area contributed by atoms with Crippen molar-refractivity contribution in [2.45, 2.75) is 19.4 Å². The van der Waals surface area contributed by atoms with Gasteiger partial charge in [-0.1, -0.05) is 0 Å². The third-order valence-electron chi connectivity index (χ3n) is 3.43. The second-order valence-electron chi connectivity index (χ2n) is 4.96. The smallest absolute Gasteiger partial charge is 0.421 e. The molecular formula is C10H21N5O4S. The molecule has 0 saturated carbocycles. The van der Waals surface area contributed by atoms with Crippen molar-refractivity contribution >= 4 is 22.1 Å². The minimum Gasteiger partial charge on any atom is -0.452 e. The van der Waals surface area contributed by atoms with Gasteiger partial charge in [-0.3, -0.25) is 10.3 Å². The predicted molar refractivity (Wildman–Crippen MR) is 73.6 cm³/mol. The molecule has 116 valence electrons. The summed E-state index contributed by atoms with van der Waals surface area (Å²) in [5.74, 6) is 0.0292. The maximum Gasteiger partial charge on any atom is 0.421 e. The molecule has 0 aromatic heterocycles. The SMILES string of the molecule is COC(=O)NS(=O)(=O)N1CCN(C(C)(C)C(=N)N)CC1. The summed E-state index contributed by atoms with van der Waals surface area (Å²) in [5.41, 5.74) is 4.92. The van der Waals surface area contributed by atoms with Crippen LogP contribution in [0.25, 0.3) is 0 Å². The van der Waals surface area contributed by atoms with E-state index in [-0.39, 0.29) is 18.9 Å². The number of methoxy groups -OCH3 is 1. The van der Waals surface area contributed by atoms with E-state index >= 15 is 0 Å². The summed E-state index contributed by atoms with van der Waals surface area (Å²) in [5, 5.41) is 7.55. The number of hydrogen-bond acceptors (Lipinski definition) is 6. The van der Waals surface area contributed by atoms with Crippen LogP contribution in [0.3, 0.4) is 0 Å². The molecular weight excluding hydrogens is 286 g/mol. The van der Waals surface area contributed by atoms with E-state index in [1.165, 1.54) is 0 Å². The Balaban J connectivity index is 2.67.